The van der Waals surface area contributed by atoms with Gasteiger partial charge >= 0.3 is 0 Å². The third-order valence-corrected chi connectivity index (χ3v) is 7.69. The molecule has 3 heterocycles. The number of aryl methyl sites for hydroxylation is 1. The maximum absolute atomic E-state index is 14.3. The number of imidazole rings is 1. The summed E-state index contributed by atoms with van der Waals surface area (Å²) >= 11 is 1.66. The Balaban J connectivity index is 1.23. The van der Waals surface area contributed by atoms with Gasteiger partial charge in [0.1, 0.15) is 52.5 Å². The van der Waals surface area contributed by atoms with Crippen LogP contribution in [0.25, 0.3) is 16.8 Å². The van der Waals surface area contributed by atoms with E-state index in [-0.39, 0.29) is 0 Å². The van der Waals surface area contributed by atoms with E-state index in [0.29, 0.717) is 35.6 Å². The van der Waals surface area contributed by atoms with Gasteiger partial charge in [-0.05, 0) is 56.2 Å². The summed E-state index contributed by atoms with van der Waals surface area (Å²) in [7, 11) is 0. The van der Waals surface area contributed by atoms with Crippen molar-refractivity contribution in [2.24, 2.45) is 0 Å². The number of benzene rings is 2. The van der Waals surface area contributed by atoms with E-state index in [1.807, 2.05) is 49.5 Å². The van der Waals surface area contributed by atoms with Crippen molar-refractivity contribution in [3.8, 4) is 28.5 Å². The van der Waals surface area contributed by atoms with Gasteiger partial charge < -0.3 is 15.2 Å². The van der Waals surface area contributed by atoms with Crippen LogP contribution in [0.4, 0.5) is 10.2 Å². The van der Waals surface area contributed by atoms with E-state index in [4.69, 9.17) is 20.2 Å². The van der Waals surface area contributed by atoms with Crippen molar-refractivity contribution in [3.05, 3.63) is 88.4 Å². The molecule has 1 fully saturated rings. The summed E-state index contributed by atoms with van der Waals surface area (Å²) in [6.07, 6.45) is 8.39. The number of aromatic nitrogens is 3. The van der Waals surface area contributed by atoms with E-state index in [1.165, 1.54) is 29.9 Å². The molecule has 188 valence electrons. The van der Waals surface area contributed by atoms with Crippen molar-refractivity contribution in [2.75, 3.05) is 5.73 Å². The van der Waals surface area contributed by atoms with E-state index in [0.717, 1.165) is 40.3 Å². The number of thiophene rings is 1. The number of nitrogen functional groups attached to an aromatic ring is 1. The first-order valence-electron chi connectivity index (χ1n) is 12.4. The SMILES string of the molecule is Cc1ccc(COc2cc(F)cc(Oc3ccc(-c4nc(C5CCCC5)n5ccnc(N)c45)cc3)c2)s1. The van der Waals surface area contributed by atoms with Gasteiger partial charge in [-0.2, -0.15) is 0 Å². The molecule has 6 nitrogen and oxygen atoms in total. The Hall–Kier alpha value is -3.91. The molecule has 2 aromatic carbocycles. The van der Waals surface area contributed by atoms with Gasteiger partial charge in [0.15, 0.2) is 0 Å². The number of ether oxygens (including phenoxy) is 2. The Morgan fingerprint density at radius 2 is 1.81 bits per heavy atom. The van der Waals surface area contributed by atoms with Gasteiger partial charge in [-0.3, -0.25) is 4.40 Å². The van der Waals surface area contributed by atoms with Crippen LogP contribution in [0.1, 0.15) is 47.2 Å². The summed E-state index contributed by atoms with van der Waals surface area (Å²) in [5, 5.41) is 0. The smallest absolute Gasteiger partial charge is 0.150 e. The Labute approximate surface area is 218 Å². The molecule has 5 aromatic rings. The number of fused-ring (bicyclic) bond motifs is 1. The third-order valence-electron chi connectivity index (χ3n) is 6.72. The minimum absolute atomic E-state index is 0.370. The van der Waals surface area contributed by atoms with Gasteiger partial charge in [0.2, 0.25) is 0 Å². The fourth-order valence-corrected chi connectivity index (χ4v) is 5.78. The maximum atomic E-state index is 14.3. The quantitative estimate of drug-likeness (QED) is 0.243. The minimum Gasteiger partial charge on any atom is -0.488 e. The van der Waals surface area contributed by atoms with Crippen LogP contribution in [0.5, 0.6) is 17.2 Å². The van der Waals surface area contributed by atoms with Gasteiger partial charge in [-0.15, -0.1) is 11.3 Å². The second-order valence-corrected chi connectivity index (χ2v) is 10.8. The lowest BCUT2D eigenvalue weighted by atomic mass is 10.1. The molecular weight excluding hydrogens is 487 g/mol. The molecule has 0 saturated heterocycles. The Morgan fingerprint density at radius 1 is 1.03 bits per heavy atom. The average molecular weight is 515 g/mol. The molecule has 0 radical (unpaired) electrons. The third kappa shape index (κ3) is 4.89. The molecule has 3 aromatic heterocycles. The number of hydrogen-bond donors (Lipinski definition) is 1. The Kier molecular flexibility index (Phi) is 6.26. The summed E-state index contributed by atoms with van der Waals surface area (Å²) in [4.78, 5) is 11.6. The van der Waals surface area contributed by atoms with Crippen LogP contribution in [0.2, 0.25) is 0 Å². The molecular formula is C29H27FN4O2S. The largest absolute Gasteiger partial charge is 0.488 e. The highest BCUT2D eigenvalue weighted by Gasteiger charge is 2.25. The van der Waals surface area contributed by atoms with Gasteiger partial charge in [0.05, 0.1) is 0 Å². The van der Waals surface area contributed by atoms with Crippen molar-refractivity contribution < 1.29 is 13.9 Å². The molecule has 6 rings (SSSR count). The lowest BCUT2D eigenvalue weighted by molar-refractivity contribution is 0.306. The van der Waals surface area contributed by atoms with Gasteiger partial charge in [0, 0.05) is 51.8 Å². The highest BCUT2D eigenvalue weighted by atomic mass is 32.1. The van der Waals surface area contributed by atoms with Crippen molar-refractivity contribution in [1.82, 2.24) is 14.4 Å². The van der Waals surface area contributed by atoms with Crippen LogP contribution in [0.15, 0.2) is 67.0 Å². The number of rotatable bonds is 7. The van der Waals surface area contributed by atoms with Gasteiger partial charge in [-0.25, -0.2) is 14.4 Å². The molecule has 1 aliphatic rings. The summed E-state index contributed by atoms with van der Waals surface area (Å²) in [6, 6.07) is 16.0. The highest BCUT2D eigenvalue weighted by molar-refractivity contribution is 7.11. The van der Waals surface area contributed by atoms with E-state index in [1.54, 1.807) is 23.6 Å². The molecule has 0 aliphatic heterocycles. The van der Waals surface area contributed by atoms with Crippen molar-refractivity contribution in [2.45, 2.75) is 45.1 Å². The van der Waals surface area contributed by atoms with E-state index in [2.05, 4.69) is 9.38 Å². The second kappa shape index (κ2) is 9.86. The summed E-state index contributed by atoms with van der Waals surface area (Å²) in [5.41, 5.74) is 8.84. The molecule has 1 saturated carbocycles. The molecule has 0 atom stereocenters. The standard InChI is InChI=1S/C29H27FN4O2S/c1-18-6-11-25(37-18)17-35-23-14-21(30)15-24(16-23)36-22-9-7-19(8-10-22)26-27-28(31)32-12-13-34(27)29(33-26)20-4-2-3-5-20/h6-16,20H,2-5,17H2,1H3,(H2,31,32). The number of halogens is 1. The second-order valence-electron chi connectivity index (χ2n) is 9.38. The molecule has 0 amide bonds. The monoisotopic (exact) mass is 514 g/mol. The summed E-state index contributed by atoms with van der Waals surface area (Å²) in [6.45, 7) is 2.43. The molecule has 8 heteroatoms. The summed E-state index contributed by atoms with van der Waals surface area (Å²) in [5.74, 6) is 2.89. The van der Waals surface area contributed by atoms with Crippen molar-refractivity contribution in [3.63, 3.8) is 0 Å². The van der Waals surface area contributed by atoms with Crippen LogP contribution >= 0.6 is 11.3 Å². The van der Waals surface area contributed by atoms with Crippen LogP contribution in [0.3, 0.4) is 0 Å². The number of hydrogen-bond acceptors (Lipinski definition) is 6. The van der Waals surface area contributed by atoms with Crippen molar-refractivity contribution in [1.29, 1.82) is 0 Å². The Bertz CT molecular complexity index is 1550. The van der Waals surface area contributed by atoms with Gasteiger partial charge in [0.25, 0.3) is 0 Å². The molecule has 37 heavy (non-hydrogen) atoms. The first kappa shape index (κ1) is 23.5. The first-order chi connectivity index (χ1) is 18.0. The zero-order valence-corrected chi connectivity index (χ0v) is 21.3. The van der Waals surface area contributed by atoms with Crippen LogP contribution in [-0.4, -0.2) is 14.4 Å². The fourth-order valence-electron chi connectivity index (χ4n) is 4.97. The molecule has 0 unspecified atom stereocenters. The molecule has 2 N–H and O–H groups in total. The predicted octanol–water partition coefficient (Wildman–Crippen LogP) is 7.52. The lowest BCUT2D eigenvalue weighted by Gasteiger charge is -2.10. The average Bonchev–Trinajstić information content (AvgIpc) is 3.63. The first-order valence-corrected chi connectivity index (χ1v) is 13.2. The topological polar surface area (TPSA) is 74.7 Å². The normalized spacial score (nSPS) is 13.9. The van der Waals surface area contributed by atoms with Crippen LogP contribution in [0, 0.1) is 12.7 Å². The molecule has 0 spiro atoms. The van der Waals surface area contributed by atoms with Crippen molar-refractivity contribution >= 4 is 22.7 Å². The Morgan fingerprint density at radius 3 is 2.57 bits per heavy atom. The van der Waals surface area contributed by atoms with Crippen LogP contribution in [-0.2, 0) is 6.61 Å². The van der Waals surface area contributed by atoms with E-state index in [9.17, 15) is 4.39 Å². The number of nitrogens with zero attached hydrogens (tertiary/aromatic N) is 3. The fraction of sp³-hybridized carbons (Fsp3) is 0.241. The predicted molar refractivity (Wildman–Crippen MR) is 144 cm³/mol. The minimum atomic E-state index is -0.418. The molecule has 1 aliphatic carbocycles. The van der Waals surface area contributed by atoms with Gasteiger partial charge in [-0.1, -0.05) is 12.8 Å². The summed E-state index contributed by atoms with van der Waals surface area (Å²) < 4.78 is 28.1. The number of anilines is 1. The zero-order valence-electron chi connectivity index (χ0n) is 20.5. The number of nitrogens with two attached hydrogens (primary N) is 1. The van der Waals surface area contributed by atoms with E-state index >= 15 is 0 Å². The highest BCUT2D eigenvalue weighted by Crippen LogP contribution is 2.38. The maximum Gasteiger partial charge on any atom is 0.150 e. The van der Waals surface area contributed by atoms with Crippen LogP contribution < -0.4 is 15.2 Å². The lowest BCUT2D eigenvalue weighted by Crippen LogP contribution is -2.01. The zero-order chi connectivity index (χ0) is 25.4. The molecule has 0 bridgehead atoms. The van der Waals surface area contributed by atoms with E-state index < -0.39 is 5.82 Å².